The van der Waals surface area contributed by atoms with Crippen molar-refractivity contribution in [2.45, 2.75) is 290 Å². The summed E-state index contributed by atoms with van der Waals surface area (Å²) in [4.78, 5) is 71.5. The van der Waals surface area contributed by atoms with Gasteiger partial charge in [0.05, 0.1) is 33.0 Å². The van der Waals surface area contributed by atoms with Crippen molar-refractivity contribution in [3.63, 3.8) is 0 Å². The van der Waals surface area contributed by atoms with Crippen LogP contribution in [0.3, 0.4) is 0 Å². The Bertz CT molecular complexity index is 2170. The predicted octanol–water partition coefficient (Wildman–Crippen LogP) is 11.7. The average Bonchev–Trinajstić information content (AvgIpc) is 4.11. The summed E-state index contributed by atoms with van der Waals surface area (Å²) in [6.07, 6.45) is 6.68. The van der Waals surface area contributed by atoms with Crippen molar-refractivity contribution in [2.24, 2.45) is 0 Å². The van der Waals surface area contributed by atoms with Crippen LogP contribution in [0.1, 0.15) is 236 Å². The fourth-order valence-electron chi connectivity index (χ4n) is 7.15. The Balaban J connectivity index is 0.000000925. The molecule has 0 bridgehead atoms. The van der Waals surface area contributed by atoms with Gasteiger partial charge in [-0.2, -0.15) is 5.10 Å². The van der Waals surface area contributed by atoms with E-state index in [4.69, 9.17) is 5.11 Å². The summed E-state index contributed by atoms with van der Waals surface area (Å²) in [5, 5.41) is 31.8. The molecular formula is C58H105N11O7S3. The van der Waals surface area contributed by atoms with E-state index in [0.717, 1.165) is 23.1 Å². The van der Waals surface area contributed by atoms with Crippen molar-refractivity contribution >= 4 is 70.8 Å². The zero-order chi connectivity index (χ0) is 62.0. The predicted molar refractivity (Wildman–Crippen MR) is 328 cm³/mol. The monoisotopic (exact) mass is 1160 g/mol. The molecule has 0 aliphatic carbocycles. The average molecular weight is 1160 g/mol. The lowest BCUT2D eigenvalue weighted by molar-refractivity contribution is -0.141. The van der Waals surface area contributed by atoms with Gasteiger partial charge in [0.25, 0.3) is 0 Å². The van der Waals surface area contributed by atoms with Gasteiger partial charge in [0, 0.05) is 77.4 Å². The summed E-state index contributed by atoms with van der Waals surface area (Å²) in [6.45, 7) is 57.3. The molecule has 2 aliphatic rings. The first kappa shape index (κ1) is 74.8. The zero-order valence-electron chi connectivity index (χ0n) is 53.7. The molecule has 3 aromatic heterocycles. The van der Waals surface area contributed by atoms with Gasteiger partial charge in [0.2, 0.25) is 29.5 Å². The van der Waals surface area contributed by atoms with E-state index in [2.05, 4.69) is 153 Å². The lowest BCUT2D eigenvalue weighted by Gasteiger charge is -2.19. The number of carbonyl (C=O) groups is 6. The molecule has 2 aliphatic heterocycles. The smallest absolute Gasteiger partial charge is 0.326 e. The first-order valence-corrected chi connectivity index (χ1v) is 30.7. The maximum Gasteiger partial charge on any atom is 0.326 e. The summed E-state index contributed by atoms with van der Waals surface area (Å²) >= 11 is 4.31. The molecule has 5 rings (SSSR count). The number of rotatable bonds is 13. The van der Waals surface area contributed by atoms with Gasteiger partial charge in [-0.05, 0) is 119 Å². The maximum absolute atomic E-state index is 11.8. The van der Waals surface area contributed by atoms with Crippen LogP contribution in [0.2, 0.25) is 0 Å². The molecule has 5 amide bonds. The van der Waals surface area contributed by atoms with Crippen LogP contribution in [0, 0.1) is 0 Å². The third-order valence-electron chi connectivity index (χ3n) is 11.2. The minimum Gasteiger partial charge on any atom is -0.480 e. The van der Waals surface area contributed by atoms with E-state index in [1.807, 2.05) is 97.2 Å². The number of likely N-dealkylation sites (tertiary alicyclic amines) is 2. The van der Waals surface area contributed by atoms with Crippen LogP contribution in [0.4, 0.5) is 0 Å². The number of thioether (sulfide) groups is 3. The molecule has 452 valence electrons. The second kappa shape index (κ2) is 32.4. The SMILES string of the molecule is CC(C)(C)c1cn(C(C)(C)C)nn1.CC(C)(C)c1cn(C(C)(C)C)nn1.CC(C)NC(=O)C(SC(C)C)C(=O)O.CC(C)SC1CC(=O)N(C(C)C)C1=O.CC(C)SC1CC(=O)N(C(C)C)C1=O.CC(C)c1ccnn1C(C)C. The summed E-state index contributed by atoms with van der Waals surface area (Å²) in [5.41, 5.74) is 3.63. The van der Waals surface area contributed by atoms with Crippen molar-refractivity contribution in [1.82, 2.24) is 54.9 Å². The molecular weight excluding hydrogens is 1060 g/mol. The summed E-state index contributed by atoms with van der Waals surface area (Å²) < 4.78 is 5.89. The Morgan fingerprint density at radius 2 is 0.949 bits per heavy atom. The van der Waals surface area contributed by atoms with E-state index in [0.29, 0.717) is 35.3 Å². The van der Waals surface area contributed by atoms with E-state index >= 15 is 0 Å². The van der Waals surface area contributed by atoms with Crippen LogP contribution < -0.4 is 5.32 Å². The molecule has 2 N–H and O–H groups in total. The van der Waals surface area contributed by atoms with Crippen molar-refractivity contribution in [2.75, 3.05) is 0 Å². The number of carboxylic acids is 1. The highest BCUT2D eigenvalue weighted by molar-refractivity contribution is 8.02. The number of imide groups is 2. The lowest BCUT2D eigenvalue weighted by atomic mass is 9.93. The van der Waals surface area contributed by atoms with Gasteiger partial charge in [-0.25, -0.2) is 9.36 Å². The molecule has 2 fully saturated rings. The number of nitrogens with one attached hydrogen (secondary N) is 1. The van der Waals surface area contributed by atoms with Crippen molar-refractivity contribution in [3.8, 4) is 0 Å². The largest absolute Gasteiger partial charge is 0.480 e. The maximum atomic E-state index is 11.8. The minimum atomic E-state index is -1.08. The fraction of sp³-hybridized carbons (Fsp3) is 0.776. The van der Waals surface area contributed by atoms with E-state index < -0.39 is 17.1 Å². The third-order valence-corrected chi connectivity index (χ3v) is 14.9. The van der Waals surface area contributed by atoms with E-state index in [9.17, 15) is 28.8 Å². The van der Waals surface area contributed by atoms with Crippen molar-refractivity contribution in [1.29, 1.82) is 0 Å². The molecule has 21 heteroatoms. The highest BCUT2D eigenvalue weighted by Gasteiger charge is 2.41. The van der Waals surface area contributed by atoms with Crippen LogP contribution >= 0.6 is 35.3 Å². The van der Waals surface area contributed by atoms with Gasteiger partial charge < -0.3 is 10.4 Å². The summed E-state index contributed by atoms with van der Waals surface area (Å²) in [5.74, 6) is -1.01. The number of amides is 5. The molecule has 3 unspecified atom stereocenters. The van der Waals surface area contributed by atoms with Crippen LogP contribution in [0.15, 0.2) is 24.7 Å². The molecule has 2 saturated heterocycles. The molecule has 0 aromatic carbocycles. The van der Waals surface area contributed by atoms with E-state index in [1.54, 1.807) is 37.4 Å². The summed E-state index contributed by atoms with van der Waals surface area (Å²) in [6, 6.07) is 2.52. The highest BCUT2D eigenvalue weighted by Crippen LogP contribution is 2.31. The van der Waals surface area contributed by atoms with Gasteiger partial charge >= 0.3 is 5.97 Å². The Labute approximate surface area is 489 Å². The Morgan fingerprint density at radius 3 is 1.15 bits per heavy atom. The van der Waals surface area contributed by atoms with Gasteiger partial charge in [-0.1, -0.05) is 107 Å². The number of hydrogen-bond donors (Lipinski definition) is 2. The first-order chi connectivity index (χ1) is 35.7. The van der Waals surface area contributed by atoms with Crippen LogP contribution in [-0.4, -0.2) is 140 Å². The Kier molecular flexibility index (Phi) is 30.7. The fourth-order valence-corrected chi connectivity index (χ4v) is 10.3. The topological polar surface area (TPSA) is 220 Å². The second-order valence-electron chi connectivity index (χ2n) is 26.1. The molecule has 0 saturated carbocycles. The number of nitrogens with zero attached hydrogens (tertiary/aromatic N) is 10. The van der Waals surface area contributed by atoms with E-state index in [-0.39, 0.29) is 79.4 Å². The highest BCUT2D eigenvalue weighted by atomic mass is 32.2. The van der Waals surface area contributed by atoms with Crippen molar-refractivity contribution in [3.05, 3.63) is 41.7 Å². The zero-order valence-corrected chi connectivity index (χ0v) is 56.1. The number of carboxylic acid groups (broad SMARTS) is 1. The van der Waals surface area contributed by atoms with Gasteiger partial charge in [-0.3, -0.25) is 43.2 Å². The quantitative estimate of drug-likeness (QED) is 0.120. The van der Waals surface area contributed by atoms with Crippen LogP contribution in [0.5, 0.6) is 0 Å². The van der Waals surface area contributed by atoms with Gasteiger partial charge in [0.15, 0.2) is 5.25 Å². The molecule has 3 aromatic rings. The lowest BCUT2D eigenvalue weighted by Crippen LogP contribution is -2.41. The van der Waals surface area contributed by atoms with Gasteiger partial charge in [0.1, 0.15) is 0 Å². The molecule has 5 heterocycles. The van der Waals surface area contributed by atoms with Gasteiger partial charge in [-0.15, -0.1) is 45.5 Å². The normalized spacial score (nSPS) is 16.5. The molecule has 3 atom stereocenters. The van der Waals surface area contributed by atoms with Crippen molar-refractivity contribution < 1.29 is 33.9 Å². The standard InChI is InChI=1S/2C10H19N3.2C10H17NO2S.C9H16N2.C9H17NO3S/c2*1-9(2,3)8-7-13(12-11-8)10(4,5)6;2*1-6(2)11-9(12)5-8(10(11)13)14-7(3)4;1-7(2)9-5-6-10-11(9)8(3)4;1-5(2)10-8(11)7(9(12)13)14-6(3)4/h2*7H,1-6H3;2*6-8H,5H2,1-4H3;5-8H,1-4H3;5-7H,1-4H3,(H,10,11)(H,12,13). The third kappa shape index (κ3) is 26.5. The Morgan fingerprint density at radius 1 is 0.582 bits per heavy atom. The number of hydrogen-bond acceptors (Lipinski definition) is 14. The molecule has 0 radical (unpaired) electrons. The molecule has 18 nitrogen and oxygen atoms in total. The summed E-state index contributed by atoms with van der Waals surface area (Å²) in [7, 11) is 0. The second-order valence-corrected chi connectivity index (χ2v) is 31.4. The first-order valence-electron chi connectivity index (χ1n) is 27.9. The number of aliphatic carboxylic acids is 1. The minimum absolute atomic E-state index is 0.00670. The van der Waals surface area contributed by atoms with Crippen LogP contribution in [0.25, 0.3) is 0 Å². The van der Waals surface area contributed by atoms with E-state index in [1.165, 1.54) is 15.5 Å². The Hall–Kier alpha value is -4.24. The number of aromatic nitrogens is 8. The van der Waals surface area contributed by atoms with Crippen LogP contribution in [-0.2, 0) is 50.7 Å². The molecule has 79 heavy (non-hydrogen) atoms. The molecule has 0 spiro atoms. The number of carbonyl (C=O) groups excluding carboxylic acids is 5.